The van der Waals surface area contributed by atoms with E-state index in [2.05, 4.69) is 16.7 Å². The molecule has 72 valence electrons. The molecule has 0 bridgehead atoms. The molecule has 0 spiro atoms. The molecule has 1 heterocycles. The molecule has 0 aromatic heterocycles. The van der Waals surface area contributed by atoms with Crippen LogP contribution in [0, 0.1) is 17.3 Å². The van der Waals surface area contributed by atoms with Crippen LogP contribution in [0.1, 0.15) is 20.3 Å². The van der Waals surface area contributed by atoms with Crippen molar-refractivity contribution >= 4 is 5.97 Å². The van der Waals surface area contributed by atoms with Gasteiger partial charge in [0.25, 0.3) is 0 Å². The minimum Gasteiger partial charge on any atom is -0.481 e. The van der Waals surface area contributed by atoms with Gasteiger partial charge in [-0.1, -0.05) is 5.92 Å². The zero-order valence-corrected chi connectivity index (χ0v) is 8.13. The summed E-state index contributed by atoms with van der Waals surface area (Å²) in [5.74, 6) is 5.07. The highest BCUT2D eigenvalue weighted by molar-refractivity contribution is 5.74. The summed E-state index contributed by atoms with van der Waals surface area (Å²) < 4.78 is 0. The quantitative estimate of drug-likeness (QED) is 0.641. The molecule has 1 N–H and O–H groups in total. The summed E-state index contributed by atoms with van der Waals surface area (Å²) >= 11 is 0. The number of hydrogen-bond acceptors (Lipinski definition) is 2. The first-order valence-electron chi connectivity index (χ1n) is 4.44. The van der Waals surface area contributed by atoms with Gasteiger partial charge in [-0.15, -0.1) is 5.92 Å². The lowest BCUT2D eigenvalue weighted by Gasteiger charge is -2.18. The van der Waals surface area contributed by atoms with E-state index in [1.54, 1.807) is 13.8 Å². The van der Waals surface area contributed by atoms with E-state index in [1.165, 1.54) is 0 Å². The fraction of sp³-hybridized carbons (Fsp3) is 0.700. The molecule has 1 fully saturated rings. The summed E-state index contributed by atoms with van der Waals surface area (Å²) in [5, 5.41) is 8.95. The summed E-state index contributed by atoms with van der Waals surface area (Å²) in [6.45, 7) is 5.76. The molecule has 1 saturated heterocycles. The maximum absolute atomic E-state index is 10.9. The number of nitrogens with zero attached hydrogens (tertiary/aromatic N) is 1. The third-order valence-electron chi connectivity index (χ3n) is 2.55. The van der Waals surface area contributed by atoms with Crippen molar-refractivity contribution in [3.8, 4) is 11.8 Å². The highest BCUT2D eigenvalue weighted by Crippen LogP contribution is 2.29. The predicted molar refractivity (Wildman–Crippen MR) is 50.2 cm³/mol. The van der Waals surface area contributed by atoms with Gasteiger partial charge in [-0.25, -0.2) is 0 Å². The molecule has 0 aromatic rings. The van der Waals surface area contributed by atoms with Gasteiger partial charge in [0.05, 0.1) is 12.0 Å². The molecule has 0 radical (unpaired) electrons. The molecule has 0 aliphatic carbocycles. The first-order chi connectivity index (χ1) is 6.08. The third kappa shape index (κ3) is 2.22. The Labute approximate surface area is 78.7 Å². The van der Waals surface area contributed by atoms with E-state index in [0.717, 1.165) is 13.0 Å². The molecule has 13 heavy (non-hydrogen) atoms. The maximum Gasteiger partial charge on any atom is 0.310 e. The second kappa shape index (κ2) is 3.80. The van der Waals surface area contributed by atoms with Crippen molar-refractivity contribution in [1.82, 2.24) is 4.90 Å². The van der Waals surface area contributed by atoms with Crippen LogP contribution in [0.5, 0.6) is 0 Å². The zero-order chi connectivity index (χ0) is 9.90. The first kappa shape index (κ1) is 10.1. The molecular formula is C10H15NO2. The van der Waals surface area contributed by atoms with Crippen LogP contribution >= 0.6 is 0 Å². The van der Waals surface area contributed by atoms with Gasteiger partial charge < -0.3 is 5.11 Å². The Morgan fingerprint density at radius 2 is 2.38 bits per heavy atom. The number of carbonyl (C=O) groups is 1. The lowest BCUT2D eigenvalue weighted by molar-refractivity contribution is -0.147. The van der Waals surface area contributed by atoms with Gasteiger partial charge >= 0.3 is 5.97 Å². The second-order valence-electron chi connectivity index (χ2n) is 3.75. The smallest absolute Gasteiger partial charge is 0.310 e. The average Bonchev–Trinajstić information content (AvgIpc) is 2.45. The van der Waals surface area contributed by atoms with Gasteiger partial charge in [0.15, 0.2) is 0 Å². The number of carboxylic acids is 1. The standard InChI is InChI=1S/C10H15NO2/c1-3-4-6-11-7-5-10(2,8-11)9(12)13/h5-8H2,1-2H3,(H,12,13). The van der Waals surface area contributed by atoms with Crippen molar-refractivity contribution in [3.05, 3.63) is 0 Å². The highest BCUT2D eigenvalue weighted by Gasteiger charge is 2.39. The van der Waals surface area contributed by atoms with Crippen LogP contribution in [-0.4, -0.2) is 35.6 Å². The molecule has 3 nitrogen and oxygen atoms in total. The lowest BCUT2D eigenvalue weighted by atomic mass is 9.90. The number of aliphatic carboxylic acids is 1. The molecule has 0 aromatic carbocycles. The molecule has 1 rings (SSSR count). The normalized spacial score (nSPS) is 28.2. The molecule has 0 saturated carbocycles. The van der Waals surface area contributed by atoms with Crippen LogP contribution in [0.15, 0.2) is 0 Å². The SMILES string of the molecule is CC#CCN1CCC(C)(C(=O)O)C1. The number of rotatable bonds is 2. The lowest BCUT2D eigenvalue weighted by Crippen LogP contribution is -2.31. The highest BCUT2D eigenvalue weighted by atomic mass is 16.4. The van der Waals surface area contributed by atoms with Crippen molar-refractivity contribution in [2.24, 2.45) is 5.41 Å². The topological polar surface area (TPSA) is 40.5 Å². The van der Waals surface area contributed by atoms with Gasteiger partial charge in [-0.2, -0.15) is 0 Å². The molecule has 1 unspecified atom stereocenters. The Hall–Kier alpha value is -1.01. The van der Waals surface area contributed by atoms with Crippen LogP contribution < -0.4 is 0 Å². The summed E-state index contributed by atoms with van der Waals surface area (Å²) in [6, 6.07) is 0. The van der Waals surface area contributed by atoms with Gasteiger partial charge in [0, 0.05) is 13.1 Å². The van der Waals surface area contributed by atoms with E-state index in [0.29, 0.717) is 13.1 Å². The Morgan fingerprint density at radius 1 is 1.69 bits per heavy atom. The van der Waals surface area contributed by atoms with E-state index in [-0.39, 0.29) is 0 Å². The van der Waals surface area contributed by atoms with Crippen LogP contribution in [-0.2, 0) is 4.79 Å². The van der Waals surface area contributed by atoms with Crippen molar-refractivity contribution < 1.29 is 9.90 Å². The molecule has 1 aliphatic rings. The Kier molecular flexibility index (Phi) is 2.94. The zero-order valence-electron chi connectivity index (χ0n) is 8.13. The molecule has 1 atom stereocenters. The van der Waals surface area contributed by atoms with E-state index < -0.39 is 11.4 Å². The largest absolute Gasteiger partial charge is 0.481 e. The van der Waals surface area contributed by atoms with Gasteiger partial charge in [0.2, 0.25) is 0 Å². The monoisotopic (exact) mass is 181 g/mol. The molecular weight excluding hydrogens is 166 g/mol. The second-order valence-corrected chi connectivity index (χ2v) is 3.75. The minimum atomic E-state index is -0.695. The predicted octanol–water partition coefficient (Wildman–Crippen LogP) is 0.806. The van der Waals surface area contributed by atoms with Crippen LogP contribution in [0.3, 0.4) is 0 Å². The van der Waals surface area contributed by atoms with Gasteiger partial charge in [-0.3, -0.25) is 9.69 Å². The number of hydrogen-bond donors (Lipinski definition) is 1. The van der Waals surface area contributed by atoms with Crippen molar-refractivity contribution in [1.29, 1.82) is 0 Å². The molecule has 3 heteroatoms. The van der Waals surface area contributed by atoms with E-state index in [9.17, 15) is 4.79 Å². The molecule has 0 amide bonds. The Morgan fingerprint density at radius 3 is 2.85 bits per heavy atom. The summed E-state index contributed by atoms with van der Waals surface area (Å²) in [4.78, 5) is 13.0. The molecule has 1 aliphatic heterocycles. The van der Waals surface area contributed by atoms with E-state index in [1.807, 2.05) is 0 Å². The summed E-state index contributed by atoms with van der Waals surface area (Å²) in [5.41, 5.74) is -0.560. The van der Waals surface area contributed by atoms with Crippen LogP contribution in [0.2, 0.25) is 0 Å². The average molecular weight is 181 g/mol. The number of carboxylic acid groups (broad SMARTS) is 1. The van der Waals surface area contributed by atoms with Crippen molar-refractivity contribution in [2.45, 2.75) is 20.3 Å². The number of likely N-dealkylation sites (tertiary alicyclic amines) is 1. The fourth-order valence-corrected chi connectivity index (χ4v) is 1.56. The third-order valence-corrected chi connectivity index (χ3v) is 2.55. The minimum absolute atomic E-state index is 0.560. The van der Waals surface area contributed by atoms with E-state index in [4.69, 9.17) is 5.11 Å². The van der Waals surface area contributed by atoms with Crippen LogP contribution in [0.4, 0.5) is 0 Å². The Balaban J connectivity index is 2.51. The van der Waals surface area contributed by atoms with Crippen LogP contribution in [0.25, 0.3) is 0 Å². The van der Waals surface area contributed by atoms with Crippen molar-refractivity contribution in [3.63, 3.8) is 0 Å². The fourth-order valence-electron chi connectivity index (χ4n) is 1.56. The summed E-state index contributed by atoms with van der Waals surface area (Å²) in [7, 11) is 0. The van der Waals surface area contributed by atoms with E-state index >= 15 is 0 Å². The first-order valence-corrected chi connectivity index (χ1v) is 4.44. The Bertz CT molecular complexity index is 264. The maximum atomic E-state index is 10.9. The van der Waals surface area contributed by atoms with Crippen molar-refractivity contribution in [2.75, 3.05) is 19.6 Å². The van der Waals surface area contributed by atoms with Gasteiger partial charge in [0.1, 0.15) is 0 Å². The summed E-state index contributed by atoms with van der Waals surface area (Å²) in [6.07, 6.45) is 0.730. The van der Waals surface area contributed by atoms with Gasteiger partial charge in [-0.05, 0) is 20.3 Å².